The monoisotopic (exact) mass is 499 g/mol. The second kappa shape index (κ2) is 10.2. The molecule has 1 N–H and O–H groups in total. The summed E-state index contributed by atoms with van der Waals surface area (Å²) < 4.78 is 7.51. The van der Waals surface area contributed by atoms with Gasteiger partial charge in [-0.15, -0.1) is 11.3 Å². The molecule has 0 aliphatic heterocycles. The number of hydrogen-bond acceptors (Lipinski definition) is 4. The lowest BCUT2D eigenvalue weighted by atomic mass is 10.1. The lowest BCUT2D eigenvalue weighted by molar-refractivity contribution is 0.0909. The van der Waals surface area contributed by atoms with E-state index in [4.69, 9.17) is 27.6 Å². The van der Waals surface area contributed by atoms with E-state index in [9.17, 15) is 9.59 Å². The largest absolute Gasteiger partial charge is 0.454 e. The zero-order valence-electron chi connectivity index (χ0n) is 17.5. The Morgan fingerprint density at radius 1 is 1.12 bits per heavy atom. The Morgan fingerprint density at radius 2 is 1.91 bits per heavy atom. The summed E-state index contributed by atoms with van der Waals surface area (Å²) in [5.41, 5.74) is 1.27. The zero-order chi connectivity index (χ0) is 23.4. The molecule has 168 valence electrons. The van der Waals surface area contributed by atoms with Gasteiger partial charge in [-0.05, 0) is 42.8 Å². The van der Waals surface area contributed by atoms with E-state index in [-0.39, 0.29) is 28.3 Å². The Morgan fingerprint density at radius 3 is 2.67 bits per heavy atom. The number of nitrogens with one attached hydrogen (secondary N) is 1. The molecule has 0 spiro atoms. The van der Waals surface area contributed by atoms with Crippen molar-refractivity contribution in [2.75, 3.05) is 0 Å². The molecular formula is C24H19Cl2N3O3S. The fourth-order valence-electron chi connectivity index (χ4n) is 3.16. The molecule has 33 heavy (non-hydrogen) atoms. The summed E-state index contributed by atoms with van der Waals surface area (Å²) in [7, 11) is 0. The van der Waals surface area contributed by atoms with Crippen LogP contribution in [0.4, 0.5) is 0 Å². The van der Waals surface area contributed by atoms with E-state index in [1.54, 1.807) is 35.0 Å². The van der Waals surface area contributed by atoms with Crippen LogP contribution in [0.2, 0.25) is 10.0 Å². The lowest BCUT2D eigenvalue weighted by Crippen LogP contribution is -2.26. The van der Waals surface area contributed by atoms with Crippen LogP contribution in [0.5, 0.6) is 0 Å². The molecule has 2 aromatic heterocycles. The number of amides is 2. The number of nitrogens with zero attached hydrogens (tertiary/aromatic N) is 2. The average Bonchev–Trinajstić information content (AvgIpc) is 3.44. The number of benzene rings is 2. The van der Waals surface area contributed by atoms with Crippen molar-refractivity contribution in [2.45, 2.75) is 19.5 Å². The zero-order valence-corrected chi connectivity index (χ0v) is 19.8. The van der Waals surface area contributed by atoms with Crippen molar-refractivity contribution in [3.8, 4) is 0 Å². The first-order valence-electron chi connectivity index (χ1n) is 10.0. The lowest BCUT2D eigenvalue weighted by Gasteiger charge is -2.13. The summed E-state index contributed by atoms with van der Waals surface area (Å²) in [5.74, 6) is 0.00290. The van der Waals surface area contributed by atoms with Crippen LogP contribution in [-0.2, 0) is 6.54 Å². The summed E-state index contributed by atoms with van der Waals surface area (Å²) in [5, 5.41) is 5.42. The molecule has 0 saturated carbocycles. The Hall–Kier alpha value is -3.13. The normalized spacial score (nSPS) is 12.5. The van der Waals surface area contributed by atoms with Crippen LogP contribution in [0.15, 0.2) is 81.7 Å². The highest BCUT2D eigenvalue weighted by Crippen LogP contribution is 2.21. The molecule has 0 radical (unpaired) electrons. The van der Waals surface area contributed by atoms with Gasteiger partial charge in [0.15, 0.2) is 10.6 Å². The average molecular weight is 500 g/mol. The van der Waals surface area contributed by atoms with Crippen molar-refractivity contribution in [1.29, 1.82) is 0 Å². The molecule has 9 heteroatoms. The molecule has 0 aliphatic carbocycles. The van der Waals surface area contributed by atoms with Gasteiger partial charge in [-0.3, -0.25) is 9.59 Å². The molecule has 2 heterocycles. The van der Waals surface area contributed by atoms with Gasteiger partial charge in [-0.2, -0.15) is 4.99 Å². The minimum Gasteiger partial charge on any atom is -0.454 e. The molecule has 0 aliphatic rings. The summed E-state index contributed by atoms with van der Waals surface area (Å²) in [6.07, 6.45) is 1.79. The predicted octanol–water partition coefficient (Wildman–Crippen LogP) is 5.73. The molecule has 0 saturated heterocycles. The standard InChI is InChI=1S/C24H19Cl2N3O3S/c1-15(16-5-3-2-4-6-16)27-23(31)21-10-8-18(32-21)14-29-11-12-33-24(29)28-22(30)19-9-7-17(25)13-20(19)26/h2-13,15H,14H2,1H3,(H,27,31)/t15-/m1/s1. The van der Waals surface area contributed by atoms with Gasteiger partial charge in [-0.1, -0.05) is 53.5 Å². The van der Waals surface area contributed by atoms with Gasteiger partial charge < -0.3 is 14.3 Å². The van der Waals surface area contributed by atoms with Crippen molar-refractivity contribution in [1.82, 2.24) is 9.88 Å². The van der Waals surface area contributed by atoms with Gasteiger partial charge in [-0.25, -0.2) is 0 Å². The molecule has 4 rings (SSSR count). The Balaban J connectivity index is 1.47. The summed E-state index contributed by atoms with van der Waals surface area (Å²) >= 11 is 13.3. The van der Waals surface area contributed by atoms with Gasteiger partial charge in [0, 0.05) is 16.6 Å². The number of hydrogen-bond donors (Lipinski definition) is 1. The minimum absolute atomic E-state index is 0.158. The van der Waals surface area contributed by atoms with E-state index >= 15 is 0 Å². The topological polar surface area (TPSA) is 76.6 Å². The first-order chi connectivity index (χ1) is 15.9. The van der Waals surface area contributed by atoms with Gasteiger partial charge in [0.05, 0.1) is 23.2 Å². The number of rotatable bonds is 6. The summed E-state index contributed by atoms with van der Waals surface area (Å²) in [6, 6.07) is 17.5. The number of carbonyl (C=O) groups excluding carboxylic acids is 2. The molecule has 6 nitrogen and oxygen atoms in total. The highest BCUT2D eigenvalue weighted by atomic mass is 35.5. The van der Waals surface area contributed by atoms with Gasteiger partial charge in [0.2, 0.25) is 0 Å². The minimum atomic E-state index is -0.470. The van der Waals surface area contributed by atoms with Crippen LogP contribution < -0.4 is 10.1 Å². The Bertz CT molecular complexity index is 1360. The van der Waals surface area contributed by atoms with Crippen LogP contribution in [0.25, 0.3) is 0 Å². The van der Waals surface area contributed by atoms with E-state index < -0.39 is 5.91 Å². The second-order valence-electron chi connectivity index (χ2n) is 7.23. The van der Waals surface area contributed by atoms with Crippen molar-refractivity contribution in [2.24, 2.45) is 4.99 Å². The van der Waals surface area contributed by atoms with Crippen LogP contribution in [0, 0.1) is 0 Å². The van der Waals surface area contributed by atoms with E-state index in [1.165, 1.54) is 17.4 Å². The first-order valence-corrected chi connectivity index (χ1v) is 11.7. The highest BCUT2D eigenvalue weighted by molar-refractivity contribution is 7.07. The van der Waals surface area contributed by atoms with Crippen LogP contribution in [-0.4, -0.2) is 16.4 Å². The first kappa shape index (κ1) is 23.0. The maximum Gasteiger partial charge on any atom is 0.287 e. The highest BCUT2D eigenvalue weighted by Gasteiger charge is 2.16. The number of aromatic nitrogens is 1. The van der Waals surface area contributed by atoms with E-state index in [2.05, 4.69) is 10.3 Å². The third-order valence-electron chi connectivity index (χ3n) is 4.88. The molecule has 2 amide bonds. The van der Waals surface area contributed by atoms with Gasteiger partial charge in [0.1, 0.15) is 5.76 Å². The number of carbonyl (C=O) groups is 2. The molecule has 0 fully saturated rings. The molecule has 0 unspecified atom stereocenters. The second-order valence-corrected chi connectivity index (χ2v) is 8.94. The maximum atomic E-state index is 12.6. The quantitative estimate of drug-likeness (QED) is 0.368. The number of thiazole rings is 1. The predicted molar refractivity (Wildman–Crippen MR) is 129 cm³/mol. The van der Waals surface area contributed by atoms with Crippen molar-refractivity contribution in [3.63, 3.8) is 0 Å². The fourth-order valence-corrected chi connectivity index (χ4v) is 4.38. The number of furan rings is 1. The molecular weight excluding hydrogens is 481 g/mol. The van der Waals surface area contributed by atoms with Crippen LogP contribution >= 0.6 is 34.5 Å². The third-order valence-corrected chi connectivity index (χ3v) is 6.22. The molecule has 2 aromatic carbocycles. The Labute approximate surface area is 204 Å². The van der Waals surface area contributed by atoms with Crippen LogP contribution in [0.3, 0.4) is 0 Å². The van der Waals surface area contributed by atoms with Gasteiger partial charge in [0.25, 0.3) is 11.8 Å². The fraction of sp³-hybridized carbons (Fsp3) is 0.125. The van der Waals surface area contributed by atoms with E-state index in [1.807, 2.05) is 42.6 Å². The molecule has 4 aromatic rings. The van der Waals surface area contributed by atoms with E-state index in [0.717, 1.165) is 5.56 Å². The van der Waals surface area contributed by atoms with Crippen LogP contribution in [0.1, 0.15) is 45.2 Å². The van der Waals surface area contributed by atoms with Crippen molar-refractivity contribution in [3.05, 3.63) is 110 Å². The van der Waals surface area contributed by atoms with Gasteiger partial charge >= 0.3 is 0 Å². The van der Waals surface area contributed by atoms with Crippen molar-refractivity contribution < 1.29 is 14.0 Å². The maximum absolute atomic E-state index is 12.6. The summed E-state index contributed by atoms with van der Waals surface area (Å²) in [6.45, 7) is 2.22. The summed E-state index contributed by atoms with van der Waals surface area (Å²) in [4.78, 5) is 29.8. The smallest absolute Gasteiger partial charge is 0.287 e. The number of halogens is 2. The third kappa shape index (κ3) is 5.63. The molecule has 1 atom stereocenters. The molecule has 0 bridgehead atoms. The van der Waals surface area contributed by atoms with E-state index in [0.29, 0.717) is 22.1 Å². The SMILES string of the molecule is C[C@@H](NC(=O)c1ccc(Cn2ccsc2=NC(=O)c2ccc(Cl)cc2Cl)o1)c1ccccc1. The Kier molecular flexibility index (Phi) is 7.13. The van der Waals surface area contributed by atoms with Crippen molar-refractivity contribution >= 4 is 46.4 Å².